The second-order valence-electron chi connectivity index (χ2n) is 5.10. The van der Waals surface area contributed by atoms with Crippen LogP contribution in [0.4, 0.5) is 0 Å². The lowest BCUT2D eigenvalue weighted by Crippen LogP contribution is -2.38. The largest absolute Gasteiger partial charge is 0.297 e. The molecule has 0 aliphatic carbocycles. The van der Waals surface area contributed by atoms with E-state index in [4.69, 9.17) is 6.42 Å². The Morgan fingerprint density at radius 1 is 1.28 bits per heavy atom. The summed E-state index contributed by atoms with van der Waals surface area (Å²) in [7, 11) is 0. The topological polar surface area (TPSA) is 6.48 Å². The van der Waals surface area contributed by atoms with Crippen molar-refractivity contribution in [3.05, 3.63) is 35.9 Å². The first-order valence-corrected chi connectivity index (χ1v) is 6.73. The highest BCUT2D eigenvalue weighted by atomic mass is 15.2. The zero-order valence-corrected chi connectivity index (χ0v) is 11.2. The summed E-state index contributed by atoms with van der Waals surface area (Å²) >= 11 is 0. The van der Waals surface area contributed by atoms with Crippen molar-refractivity contribution in [1.82, 2.24) is 9.80 Å². The predicted octanol–water partition coefficient (Wildman–Crippen LogP) is 2.22. The smallest absolute Gasteiger partial charge is 0.0601 e. The summed E-state index contributed by atoms with van der Waals surface area (Å²) < 4.78 is 0. The first kappa shape index (κ1) is 13.1. The fourth-order valence-electron chi connectivity index (χ4n) is 2.64. The summed E-state index contributed by atoms with van der Waals surface area (Å²) in [5.74, 6) is 2.77. The summed E-state index contributed by atoms with van der Waals surface area (Å²) in [6, 6.07) is 11.3. The third-order valence-electron chi connectivity index (χ3n) is 3.61. The molecule has 0 N–H and O–H groups in total. The van der Waals surface area contributed by atoms with E-state index in [1.54, 1.807) is 0 Å². The lowest BCUT2D eigenvalue weighted by molar-refractivity contribution is 0.203. The van der Waals surface area contributed by atoms with Crippen molar-refractivity contribution in [3.63, 3.8) is 0 Å². The second-order valence-corrected chi connectivity index (χ2v) is 5.10. The van der Waals surface area contributed by atoms with Crippen LogP contribution in [0, 0.1) is 12.3 Å². The van der Waals surface area contributed by atoms with Crippen molar-refractivity contribution in [2.75, 3.05) is 26.2 Å². The molecule has 1 aromatic carbocycles. The second kappa shape index (κ2) is 6.58. The van der Waals surface area contributed by atoms with E-state index in [2.05, 4.69) is 53.0 Å². The van der Waals surface area contributed by atoms with Gasteiger partial charge in [0.15, 0.2) is 0 Å². The summed E-state index contributed by atoms with van der Waals surface area (Å²) in [5.41, 5.74) is 1.40. The Balaban J connectivity index is 1.93. The van der Waals surface area contributed by atoms with Gasteiger partial charge in [-0.15, -0.1) is 6.42 Å². The van der Waals surface area contributed by atoms with Crippen LogP contribution < -0.4 is 0 Å². The van der Waals surface area contributed by atoms with Crippen LogP contribution in [0.25, 0.3) is 0 Å². The average molecular weight is 242 g/mol. The normalized spacial score (nSPS) is 22.3. The number of benzene rings is 1. The molecule has 1 unspecified atom stereocenters. The van der Waals surface area contributed by atoms with Crippen LogP contribution >= 0.6 is 0 Å². The first-order chi connectivity index (χ1) is 8.79. The Morgan fingerprint density at radius 3 is 2.78 bits per heavy atom. The highest BCUT2D eigenvalue weighted by Crippen LogP contribution is 2.12. The van der Waals surface area contributed by atoms with E-state index in [-0.39, 0.29) is 0 Å². The van der Waals surface area contributed by atoms with Crippen molar-refractivity contribution in [1.29, 1.82) is 0 Å². The third kappa shape index (κ3) is 3.60. The van der Waals surface area contributed by atoms with Gasteiger partial charge in [0.1, 0.15) is 0 Å². The number of rotatable bonds is 3. The number of terminal acetylenes is 1. The van der Waals surface area contributed by atoms with Gasteiger partial charge in [-0.25, -0.2) is 0 Å². The molecule has 1 fully saturated rings. The summed E-state index contributed by atoms with van der Waals surface area (Å²) in [6.07, 6.45) is 6.63. The minimum Gasteiger partial charge on any atom is -0.297 e. The molecule has 1 heterocycles. The zero-order valence-electron chi connectivity index (χ0n) is 11.2. The van der Waals surface area contributed by atoms with E-state index in [1.165, 1.54) is 18.5 Å². The Labute approximate surface area is 111 Å². The van der Waals surface area contributed by atoms with Gasteiger partial charge in [0.25, 0.3) is 0 Å². The van der Waals surface area contributed by atoms with E-state index in [0.29, 0.717) is 6.04 Å². The summed E-state index contributed by atoms with van der Waals surface area (Å²) in [4.78, 5) is 4.95. The lowest BCUT2D eigenvalue weighted by atomic mass is 10.2. The highest BCUT2D eigenvalue weighted by molar-refractivity contribution is 5.14. The first-order valence-electron chi connectivity index (χ1n) is 6.73. The molecule has 0 spiro atoms. The quantitative estimate of drug-likeness (QED) is 0.750. The van der Waals surface area contributed by atoms with Crippen LogP contribution in [-0.4, -0.2) is 42.0 Å². The molecule has 2 rings (SSSR count). The Hall–Kier alpha value is -1.30. The Bertz CT molecular complexity index is 393. The van der Waals surface area contributed by atoms with E-state index in [1.807, 2.05) is 0 Å². The SMILES string of the molecule is C#CCN1CCCN(Cc2ccccc2)CC1C. The van der Waals surface area contributed by atoms with Gasteiger partial charge in [-0.3, -0.25) is 9.80 Å². The van der Waals surface area contributed by atoms with Crippen LogP contribution in [0.3, 0.4) is 0 Å². The van der Waals surface area contributed by atoms with Crippen LogP contribution in [-0.2, 0) is 6.54 Å². The van der Waals surface area contributed by atoms with Gasteiger partial charge in [-0.05, 0) is 25.5 Å². The zero-order chi connectivity index (χ0) is 12.8. The van der Waals surface area contributed by atoms with Gasteiger partial charge < -0.3 is 0 Å². The molecule has 0 saturated carbocycles. The van der Waals surface area contributed by atoms with E-state index in [9.17, 15) is 0 Å². The van der Waals surface area contributed by atoms with E-state index < -0.39 is 0 Å². The van der Waals surface area contributed by atoms with Crippen LogP contribution in [0.15, 0.2) is 30.3 Å². The molecular formula is C16H22N2. The van der Waals surface area contributed by atoms with Crippen molar-refractivity contribution in [2.45, 2.75) is 25.9 Å². The maximum absolute atomic E-state index is 5.43. The van der Waals surface area contributed by atoms with E-state index in [0.717, 1.165) is 26.2 Å². The van der Waals surface area contributed by atoms with Crippen LogP contribution in [0.2, 0.25) is 0 Å². The molecule has 1 saturated heterocycles. The molecule has 0 radical (unpaired) electrons. The molecule has 18 heavy (non-hydrogen) atoms. The van der Waals surface area contributed by atoms with Gasteiger partial charge in [-0.2, -0.15) is 0 Å². The van der Waals surface area contributed by atoms with Crippen LogP contribution in [0.1, 0.15) is 18.9 Å². The van der Waals surface area contributed by atoms with Crippen molar-refractivity contribution >= 4 is 0 Å². The molecule has 1 aromatic rings. The Morgan fingerprint density at radius 2 is 2.06 bits per heavy atom. The Kier molecular flexibility index (Phi) is 4.81. The molecular weight excluding hydrogens is 220 g/mol. The number of nitrogens with zero attached hydrogens (tertiary/aromatic N) is 2. The standard InChI is InChI=1S/C16H22N2/c1-3-10-18-12-7-11-17(13-15(18)2)14-16-8-5-4-6-9-16/h1,4-6,8-9,15H,7,10-14H2,2H3. The van der Waals surface area contributed by atoms with Gasteiger partial charge in [-0.1, -0.05) is 36.3 Å². The van der Waals surface area contributed by atoms with Crippen molar-refractivity contribution < 1.29 is 0 Å². The molecule has 0 amide bonds. The molecule has 2 heteroatoms. The highest BCUT2D eigenvalue weighted by Gasteiger charge is 2.20. The van der Waals surface area contributed by atoms with Crippen molar-refractivity contribution in [3.8, 4) is 12.3 Å². The molecule has 96 valence electrons. The maximum atomic E-state index is 5.43. The molecule has 1 aliphatic heterocycles. The van der Waals surface area contributed by atoms with Gasteiger partial charge >= 0.3 is 0 Å². The molecule has 1 aliphatic rings. The van der Waals surface area contributed by atoms with Gasteiger partial charge in [0.05, 0.1) is 6.54 Å². The minimum absolute atomic E-state index is 0.548. The fourth-order valence-corrected chi connectivity index (χ4v) is 2.64. The molecule has 2 nitrogen and oxygen atoms in total. The van der Waals surface area contributed by atoms with Gasteiger partial charge in [0, 0.05) is 25.7 Å². The molecule has 1 atom stereocenters. The monoisotopic (exact) mass is 242 g/mol. The number of hydrogen-bond donors (Lipinski definition) is 0. The lowest BCUT2D eigenvalue weighted by Gasteiger charge is -2.27. The summed E-state index contributed by atoms with van der Waals surface area (Å²) in [5, 5.41) is 0. The predicted molar refractivity (Wildman–Crippen MR) is 76.2 cm³/mol. The third-order valence-corrected chi connectivity index (χ3v) is 3.61. The van der Waals surface area contributed by atoms with Gasteiger partial charge in [0.2, 0.25) is 0 Å². The number of hydrogen-bond acceptors (Lipinski definition) is 2. The van der Waals surface area contributed by atoms with Crippen molar-refractivity contribution in [2.24, 2.45) is 0 Å². The molecule has 0 bridgehead atoms. The minimum atomic E-state index is 0.548. The average Bonchev–Trinajstić information content (AvgIpc) is 2.54. The fraction of sp³-hybridized carbons (Fsp3) is 0.500. The van der Waals surface area contributed by atoms with E-state index >= 15 is 0 Å². The maximum Gasteiger partial charge on any atom is 0.0601 e. The van der Waals surface area contributed by atoms with Crippen LogP contribution in [0.5, 0.6) is 0 Å². The molecule has 0 aromatic heterocycles. The summed E-state index contributed by atoms with van der Waals surface area (Å²) in [6.45, 7) is 7.50.